The Bertz CT molecular complexity index is 693. The molecule has 28 heavy (non-hydrogen) atoms. The molecule has 0 N–H and O–H groups in total. The van der Waals surface area contributed by atoms with Gasteiger partial charge < -0.3 is 14.7 Å². The summed E-state index contributed by atoms with van der Waals surface area (Å²) in [6.07, 6.45) is 8.95. The topological polar surface area (TPSA) is 47.1 Å². The summed E-state index contributed by atoms with van der Waals surface area (Å²) in [5.74, 6) is 1.27. The number of piperazine rings is 1. The predicted octanol–water partition coefficient (Wildman–Crippen LogP) is 1.16. The van der Waals surface area contributed by atoms with Crippen LogP contribution >= 0.6 is 0 Å². The molecular formula is C22H34N4O2. The maximum absolute atomic E-state index is 13.8. The molecule has 0 unspecified atom stereocenters. The minimum absolute atomic E-state index is 0.181. The summed E-state index contributed by atoms with van der Waals surface area (Å²) in [4.78, 5) is 36.4. The number of hydrogen-bond donors (Lipinski definition) is 0. The van der Waals surface area contributed by atoms with Crippen molar-refractivity contribution in [3.8, 4) is 0 Å². The molecule has 3 saturated carbocycles. The van der Waals surface area contributed by atoms with Gasteiger partial charge in [0.15, 0.2) is 0 Å². The van der Waals surface area contributed by atoms with E-state index in [0.717, 1.165) is 64.4 Å². The first-order chi connectivity index (χ1) is 13.5. The SMILES string of the molecule is CN1CCN(C2(C(=O)N3CC4(CC4)C[C@@H]3C(=O)N3C[C@@H]4CC[C@@H]3C4)CC2)CC1. The van der Waals surface area contributed by atoms with Gasteiger partial charge in [0, 0.05) is 45.3 Å². The van der Waals surface area contributed by atoms with Crippen molar-refractivity contribution >= 4 is 11.8 Å². The van der Waals surface area contributed by atoms with E-state index >= 15 is 0 Å². The van der Waals surface area contributed by atoms with E-state index in [1.54, 1.807) is 0 Å². The number of likely N-dealkylation sites (tertiary alicyclic amines) is 2. The Morgan fingerprint density at radius 3 is 2.25 bits per heavy atom. The summed E-state index contributed by atoms with van der Waals surface area (Å²) in [6, 6.07) is 0.275. The van der Waals surface area contributed by atoms with Gasteiger partial charge in [-0.15, -0.1) is 0 Å². The third kappa shape index (κ3) is 2.59. The first-order valence-electron chi connectivity index (χ1n) is 11.5. The van der Waals surface area contributed by atoms with Crippen molar-refractivity contribution < 1.29 is 9.59 Å². The van der Waals surface area contributed by atoms with Crippen LogP contribution in [0.1, 0.15) is 51.4 Å². The second kappa shape index (κ2) is 5.94. The average molecular weight is 387 g/mol. The van der Waals surface area contributed by atoms with Crippen LogP contribution in [0.3, 0.4) is 0 Å². The highest BCUT2D eigenvalue weighted by atomic mass is 16.2. The van der Waals surface area contributed by atoms with Crippen LogP contribution in [0.2, 0.25) is 0 Å². The molecule has 2 bridgehead atoms. The highest BCUT2D eigenvalue weighted by molar-refractivity contribution is 5.95. The summed E-state index contributed by atoms with van der Waals surface area (Å²) < 4.78 is 0. The normalized spacial score (nSPS) is 38.4. The molecule has 6 nitrogen and oxygen atoms in total. The first-order valence-corrected chi connectivity index (χ1v) is 11.5. The lowest BCUT2D eigenvalue weighted by Crippen LogP contribution is -2.59. The Labute approximate surface area is 168 Å². The van der Waals surface area contributed by atoms with Crippen molar-refractivity contribution in [2.45, 2.75) is 69.0 Å². The van der Waals surface area contributed by atoms with E-state index in [-0.39, 0.29) is 28.8 Å². The highest BCUT2D eigenvalue weighted by Crippen LogP contribution is 2.57. The molecule has 1 spiro atoms. The van der Waals surface area contributed by atoms with Crippen LogP contribution in [0.25, 0.3) is 0 Å². The van der Waals surface area contributed by atoms with Crippen LogP contribution in [0.4, 0.5) is 0 Å². The third-order valence-corrected chi connectivity index (χ3v) is 8.93. The fraction of sp³-hybridized carbons (Fsp3) is 0.909. The quantitative estimate of drug-likeness (QED) is 0.730. The molecule has 0 radical (unpaired) electrons. The Hall–Kier alpha value is -1.14. The van der Waals surface area contributed by atoms with Crippen LogP contribution < -0.4 is 0 Å². The maximum atomic E-state index is 13.8. The number of hydrogen-bond acceptors (Lipinski definition) is 4. The van der Waals surface area contributed by atoms with Crippen LogP contribution in [0, 0.1) is 11.3 Å². The first kappa shape index (κ1) is 17.7. The molecule has 6 aliphatic rings. The number of likely N-dealkylation sites (N-methyl/N-ethyl adjacent to an activating group) is 1. The van der Waals surface area contributed by atoms with E-state index in [1.807, 2.05) is 0 Å². The minimum atomic E-state index is -0.287. The van der Waals surface area contributed by atoms with Crippen molar-refractivity contribution in [3.63, 3.8) is 0 Å². The number of piperidine rings is 1. The zero-order valence-corrected chi connectivity index (χ0v) is 17.2. The number of nitrogens with zero attached hydrogens (tertiary/aromatic N) is 4. The van der Waals surface area contributed by atoms with Crippen molar-refractivity contribution in [2.24, 2.45) is 11.3 Å². The smallest absolute Gasteiger partial charge is 0.245 e. The highest BCUT2D eigenvalue weighted by Gasteiger charge is 2.63. The van der Waals surface area contributed by atoms with Gasteiger partial charge in [-0.3, -0.25) is 14.5 Å². The van der Waals surface area contributed by atoms with Gasteiger partial charge in [-0.1, -0.05) is 0 Å². The maximum Gasteiger partial charge on any atom is 0.245 e. The lowest BCUT2D eigenvalue weighted by Gasteiger charge is -2.40. The summed E-state index contributed by atoms with van der Waals surface area (Å²) in [6.45, 7) is 5.82. The number of amides is 2. The number of carbonyl (C=O) groups excluding carboxylic acids is 2. The van der Waals surface area contributed by atoms with Gasteiger partial charge in [0.25, 0.3) is 0 Å². The van der Waals surface area contributed by atoms with Gasteiger partial charge in [0.05, 0.1) is 0 Å². The fourth-order valence-electron chi connectivity index (χ4n) is 6.70. The molecule has 0 aromatic heterocycles. The molecule has 3 atom stereocenters. The fourth-order valence-corrected chi connectivity index (χ4v) is 6.70. The number of carbonyl (C=O) groups is 2. The van der Waals surface area contributed by atoms with Crippen LogP contribution in [0.15, 0.2) is 0 Å². The van der Waals surface area contributed by atoms with Crippen LogP contribution in [-0.2, 0) is 9.59 Å². The molecule has 6 rings (SSSR count). The van der Waals surface area contributed by atoms with Gasteiger partial charge in [-0.05, 0) is 69.7 Å². The van der Waals surface area contributed by atoms with Gasteiger partial charge >= 0.3 is 0 Å². The molecule has 3 heterocycles. The van der Waals surface area contributed by atoms with E-state index in [0.29, 0.717) is 6.04 Å². The average Bonchev–Trinajstić information content (AvgIpc) is 3.51. The minimum Gasteiger partial charge on any atom is -0.338 e. The van der Waals surface area contributed by atoms with E-state index in [2.05, 4.69) is 26.6 Å². The largest absolute Gasteiger partial charge is 0.338 e. The van der Waals surface area contributed by atoms with Gasteiger partial charge in [0.1, 0.15) is 11.6 Å². The molecule has 3 aliphatic carbocycles. The number of fused-ring (bicyclic) bond motifs is 2. The van der Waals surface area contributed by atoms with Crippen molar-refractivity contribution in [1.29, 1.82) is 0 Å². The van der Waals surface area contributed by atoms with Gasteiger partial charge in [0.2, 0.25) is 11.8 Å². The molecule has 154 valence electrons. The van der Waals surface area contributed by atoms with Gasteiger partial charge in [-0.2, -0.15) is 0 Å². The Morgan fingerprint density at radius 2 is 1.68 bits per heavy atom. The predicted molar refractivity (Wildman–Crippen MR) is 106 cm³/mol. The van der Waals surface area contributed by atoms with E-state index in [9.17, 15) is 9.59 Å². The Kier molecular flexibility index (Phi) is 3.76. The Morgan fingerprint density at radius 1 is 0.929 bits per heavy atom. The van der Waals surface area contributed by atoms with E-state index in [1.165, 1.54) is 32.1 Å². The van der Waals surface area contributed by atoms with E-state index in [4.69, 9.17) is 0 Å². The van der Waals surface area contributed by atoms with E-state index < -0.39 is 0 Å². The molecule has 3 saturated heterocycles. The zero-order valence-electron chi connectivity index (χ0n) is 17.2. The summed E-state index contributed by atoms with van der Waals surface area (Å²) in [5.41, 5.74) is -0.0167. The molecule has 3 aliphatic heterocycles. The van der Waals surface area contributed by atoms with Crippen LogP contribution in [-0.4, -0.2) is 95.4 Å². The lowest BCUT2D eigenvalue weighted by molar-refractivity contribution is -0.149. The van der Waals surface area contributed by atoms with Gasteiger partial charge in [-0.25, -0.2) is 0 Å². The summed E-state index contributed by atoms with van der Waals surface area (Å²) >= 11 is 0. The van der Waals surface area contributed by atoms with Crippen molar-refractivity contribution in [2.75, 3.05) is 46.3 Å². The molecular weight excluding hydrogens is 352 g/mol. The molecule has 0 aromatic rings. The molecule has 6 heteroatoms. The third-order valence-electron chi connectivity index (χ3n) is 8.93. The van der Waals surface area contributed by atoms with Crippen LogP contribution in [0.5, 0.6) is 0 Å². The standard InChI is InChI=1S/C22H34N4O2/c1-23-8-10-24(11-9-23)22(6-7-22)20(28)26-15-21(4-5-21)13-18(26)19(27)25-14-16-2-3-17(25)12-16/h16-18H,2-15H2,1H3/t16-,17-,18-/m1/s1. The zero-order chi connectivity index (χ0) is 19.1. The molecule has 0 aromatic carbocycles. The second-order valence-electron chi connectivity index (χ2n) is 10.8. The number of rotatable bonds is 3. The van der Waals surface area contributed by atoms with Crippen molar-refractivity contribution in [3.05, 3.63) is 0 Å². The lowest BCUT2D eigenvalue weighted by atomic mass is 10.0. The van der Waals surface area contributed by atoms with Crippen molar-refractivity contribution in [1.82, 2.24) is 19.6 Å². The second-order valence-corrected chi connectivity index (χ2v) is 10.8. The summed E-state index contributed by atoms with van der Waals surface area (Å²) in [5, 5.41) is 0. The Balaban J connectivity index is 1.22. The molecule has 6 fully saturated rings. The summed E-state index contributed by atoms with van der Waals surface area (Å²) in [7, 11) is 2.16. The molecule has 2 amide bonds. The monoisotopic (exact) mass is 386 g/mol.